The van der Waals surface area contributed by atoms with E-state index >= 15 is 0 Å². The van der Waals surface area contributed by atoms with Crippen LogP contribution in [0.1, 0.15) is 22.5 Å². The highest BCUT2D eigenvalue weighted by atomic mass is 32.2. The summed E-state index contributed by atoms with van der Waals surface area (Å²) in [5.41, 5.74) is 2.05. The lowest BCUT2D eigenvalue weighted by Crippen LogP contribution is -2.56. The molecule has 134 valence electrons. The molecule has 0 atom stereocenters. The minimum atomic E-state index is -3.55. The molecular formula is C18H21NO5S. The molecule has 25 heavy (non-hydrogen) atoms. The smallest absolute Gasteiger partial charge is 0.339 e. The van der Waals surface area contributed by atoms with Crippen LogP contribution in [0.25, 0.3) is 0 Å². The van der Waals surface area contributed by atoms with Crippen LogP contribution in [0.4, 0.5) is 0 Å². The molecule has 0 saturated carbocycles. The highest BCUT2D eigenvalue weighted by molar-refractivity contribution is 7.89. The van der Waals surface area contributed by atoms with Gasteiger partial charge < -0.3 is 9.15 Å². The molecule has 1 saturated heterocycles. The summed E-state index contributed by atoms with van der Waals surface area (Å²) in [6, 6.07) is 6.63. The summed E-state index contributed by atoms with van der Waals surface area (Å²) in [7, 11) is -3.55. The summed E-state index contributed by atoms with van der Waals surface area (Å²) >= 11 is 0. The molecular weight excluding hydrogens is 342 g/mol. The summed E-state index contributed by atoms with van der Waals surface area (Å²) in [6.07, 6.45) is -0.276. The van der Waals surface area contributed by atoms with E-state index in [1.807, 2.05) is 32.9 Å². The molecule has 1 aliphatic heterocycles. The summed E-state index contributed by atoms with van der Waals surface area (Å²) in [5.74, 6) is 0.857. The molecule has 1 aromatic heterocycles. The summed E-state index contributed by atoms with van der Waals surface area (Å²) in [6.45, 7) is 7.75. The molecule has 7 heteroatoms. The van der Waals surface area contributed by atoms with Gasteiger partial charge in [0, 0.05) is 6.07 Å². The van der Waals surface area contributed by atoms with E-state index in [1.54, 1.807) is 13.0 Å². The first-order valence-corrected chi connectivity index (χ1v) is 9.47. The van der Waals surface area contributed by atoms with Crippen molar-refractivity contribution in [3.05, 3.63) is 57.1 Å². The number of aryl methyl sites for hydroxylation is 4. The van der Waals surface area contributed by atoms with Gasteiger partial charge in [-0.3, -0.25) is 0 Å². The van der Waals surface area contributed by atoms with Crippen molar-refractivity contribution in [2.75, 3.05) is 13.1 Å². The summed E-state index contributed by atoms with van der Waals surface area (Å²) < 4.78 is 37.7. The zero-order chi connectivity index (χ0) is 18.4. The predicted molar refractivity (Wildman–Crippen MR) is 93.5 cm³/mol. The number of hydrogen-bond acceptors (Lipinski definition) is 5. The highest BCUT2D eigenvalue weighted by Gasteiger charge is 2.39. The lowest BCUT2D eigenvalue weighted by Gasteiger charge is -2.38. The molecule has 0 radical (unpaired) electrons. The third kappa shape index (κ3) is 3.48. The third-order valence-corrected chi connectivity index (χ3v) is 6.32. The number of hydrogen-bond donors (Lipinski definition) is 0. The van der Waals surface area contributed by atoms with E-state index < -0.39 is 15.6 Å². The second-order valence-corrected chi connectivity index (χ2v) is 8.39. The molecule has 1 fully saturated rings. The van der Waals surface area contributed by atoms with Gasteiger partial charge in [0.2, 0.25) is 10.0 Å². The quantitative estimate of drug-likeness (QED) is 0.833. The van der Waals surface area contributed by atoms with Crippen molar-refractivity contribution in [1.29, 1.82) is 0 Å². The SMILES string of the molecule is Cc1cc(C)c(S(=O)(=O)N2CC(Oc3cc(C)oc(=O)c3)C2)c(C)c1. The number of sulfonamides is 1. The highest BCUT2D eigenvalue weighted by Crippen LogP contribution is 2.29. The van der Waals surface area contributed by atoms with E-state index in [0.717, 1.165) is 16.7 Å². The van der Waals surface area contributed by atoms with Crippen molar-refractivity contribution >= 4 is 10.0 Å². The first kappa shape index (κ1) is 17.7. The molecule has 0 N–H and O–H groups in total. The minimum Gasteiger partial charge on any atom is -0.487 e. The van der Waals surface area contributed by atoms with Gasteiger partial charge in [0.1, 0.15) is 17.6 Å². The maximum absolute atomic E-state index is 12.9. The molecule has 0 spiro atoms. The van der Waals surface area contributed by atoms with Gasteiger partial charge in [-0.2, -0.15) is 4.31 Å². The van der Waals surface area contributed by atoms with Crippen molar-refractivity contribution < 1.29 is 17.6 Å². The van der Waals surface area contributed by atoms with Gasteiger partial charge in [0.15, 0.2) is 0 Å². The van der Waals surface area contributed by atoms with E-state index in [0.29, 0.717) is 16.4 Å². The first-order valence-electron chi connectivity index (χ1n) is 8.03. The van der Waals surface area contributed by atoms with E-state index in [4.69, 9.17) is 9.15 Å². The molecule has 0 amide bonds. The first-order chi connectivity index (χ1) is 11.7. The number of rotatable bonds is 4. The zero-order valence-corrected chi connectivity index (χ0v) is 15.5. The van der Waals surface area contributed by atoms with E-state index in [9.17, 15) is 13.2 Å². The fraction of sp³-hybridized carbons (Fsp3) is 0.389. The Bertz CT molecular complexity index is 948. The van der Waals surface area contributed by atoms with Crippen LogP contribution in [0, 0.1) is 27.7 Å². The average molecular weight is 363 g/mol. The number of ether oxygens (including phenoxy) is 1. The Morgan fingerprint density at radius 3 is 2.20 bits per heavy atom. The topological polar surface area (TPSA) is 76.8 Å². The van der Waals surface area contributed by atoms with Gasteiger partial charge in [-0.1, -0.05) is 17.7 Å². The van der Waals surface area contributed by atoms with Crippen LogP contribution < -0.4 is 10.4 Å². The lowest BCUT2D eigenvalue weighted by atomic mass is 10.1. The van der Waals surface area contributed by atoms with Crippen LogP contribution in [0.3, 0.4) is 0 Å². The molecule has 6 nitrogen and oxygen atoms in total. The van der Waals surface area contributed by atoms with Crippen LogP contribution in [0.5, 0.6) is 5.75 Å². The van der Waals surface area contributed by atoms with Crippen molar-refractivity contribution in [1.82, 2.24) is 4.31 Å². The van der Waals surface area contributed by atoms with Gasteiger partial charge in [0.05, 0.1) is 24.1 Å². The molecule has 0 unspecified atom stereocenters. The molecule has 2 heterocycles. The lowest BCUT2D eigenvalue weighted by molar-refractivity contribution is 0.0753. The van der Waals surface area contributed by atoms with Crippen molar-refractivity contribution in [3.63, 3.8) is 0 Å². The Balaban J connectivity index is 1.74. The van der Waals surface area contributed by atoms with Crippen molar-refractivity contribution in [2.45, 2.75) is 38.7 Å². The summed E-state index contributed by atoms with van der Waals surface area (Å²) in [4.78, 5) is 11.7. The maximum Gasteiger partial charge on any atom is 0.339 e. The van der Waals surface area contributed by atoms with Gasteiger partial charge >= 0.3 is 5.63 Å². The Labute approximate surface area is 147 Å². The van der Waals surface area contributed by atoms with Crippen LogP contribution >= 0.6 is 0 Å². The zero-order valence-electron chi connectivity index (χ0n) is 14.7. The Kier molecular flexibility index (Phi) is 4.47. The molecule has 1 aliphatic rings. The molecule has 1 aromatic carbocycles. The van der Waals surface area contributed by atoms with Crippen LogP contribution in [0.15, 0.2) is 38.4 Å². The maximum atomic E-state index is 12.9. The van der Waals surface area contributed by atoms with E-state index in [-0.39, 0.29) is 19.2 Å². The molecule has 2 aromatic rings. The molecule has 0 aliphatic carbocycles. The van der Waals surface area contributed by atoms with Gasteiger partial charge in [0.25, 0.3) is 0 Å². The Hall–Kier alpha value is -2.12. The largest absolute Gasteiger partial charge is 0.487 e. The summed E-state index contributed by atoms with van der Waals surface area (Å²) in [5, 5.41) is 0. The molecule has 3 rings (SSSR count). The standard InChI is InChI=1S/C18H21NO5S/c1-11-5-12(2)18(13(3)6-11)25(21,22)19-9-16(10-19)24-15-7-14(4)23-17(20)8-15/h5-8,16H,9-10H2,1-4H3. The second-order valence-electron chi connectivity index (χ2n) is 6.51. The Morgan fingerprint density at radius 2 is 1.64 bits per heavy atom. The fourth-order valence-electron chi connectivity index (χ4n) is 3.21. The van der Waals surface area contributed by atoms with Crippen LogP contribution in [-0.2, 0) is 10.0 Å². The van der Waals surface area contributed by atoms with Gasteiger partial charge in [-0.05, 0) is 38.8 Å². The third-order valence-electron chi connectivity index (χ3n) is 4.19. The van der Waals surface area contributed by atoms with Crippen molar-refractivity contribution in [2.24, 2.45) is 0 Å². The van der Waals surface area contributed by atoms with Crippen LogP contribution in [-0.4, -0.2) is 31.9 Å². The van der Waals surface area contributed by atoms with E-state index in [1.165, 1.54) is 10.4 Å². The average Bonchev–Trinajstić information content (AvgIpc) is 2.39. The number of benzene rings is 1. The monoisotopic (exact) mass is 363 g/mol. The van der Waals surface area contributed by atoms with Crippen LogP contribution in [0.2, 0.25) is 0 Å². The van der Waals surface area contributed by atoms with Gasteiger partial charge in [-0.15, -0.1) is 0 Å². The minimum absolute atomic E-state index is 0.258. The fourth-order valence-corrected chi connectivity index (χ4v) is 5.13. The predicted octanol–water partition coefficient (Wildman–Crippen LogP) is 2.33. The molecule has 0 bridgehead atoms. The number of nitrogens with zero attached hydrogens (tertiary/aromatic N) is 1. The Morgan fingerprint density at radius 1 is 1.04 bits per heavy atom. The van der Waals surface area contributed by atoms with Crippen molar-refractivity contribution in [3.8, 4) is 5.75 Å². The van der Waals surface area contributed by atoms with E-state index in [2.05, 4.69) is 0 Å². The normalized spacial score (nSPS) is 15.8. The second kappa shape index (κ2) is 6.31. The van der Waals surface area contributed by atoms with Gasteiger partial charge in [-0.25, -0.2) is 13.2 Å².